The van der Waals surface area contributed by atoms with Crippen molar-refractivity contribution < 1.29 is 13.6 Å². The number of pyridine rings is 1. The first kappa shape index (κ1) is 33.3. The molecule has 1 amide bonds. The van der Waals surface area contributed by atoms with E-state index in [2.05, 4.69) is 31.8 Å². The van der Waals surface area contributed by atoms with Crippen LogP contribution in [0.25, 0.3) is 32.9 Å². The van der Waals surface area contributed by atoms with E-state index in [4.69, 9.17) is 28.2 Å². The molecule has 2 saturated carbocycles. The summed E-state index contributed by atoms with van der Waals surface area (Å²) in [7, 11) is 0. The van der Waals surface area contributed by atoms with E-state index in [9.17, 15) is 14.4 Å². The van der Waals surface area contributed by atoms with Crippen LogP contribution in [0.15, 0.2) is 54.6 Å². The molecule has 4 aliphatic heterocycles. The van der Waals surface area contributed by atoms with E-state index in [0.717, 1.165) is 54.5 Å². The maximum atomic E-state index is 17.3. The summed E-state index contributed by atoms with van der Waals surface area (Å²) in [5.41, 5.74) is 5.25. The van der Waals surface area contributed by atoms with Crippen LogP contribution in [-0.2, 0) is 11.2 Å². The van der Waals surface area contributed by atoms with Gasteiger partial charge in [0.25, 0.3) is 0 Å². The summed E-state index contributed by atoms with van der Waals surface area (Å²) in [5.74, 6) is 0.0175. The van der Waals surface area contributed by atoms with Gasteiger partial charge in [-0.3, -0.25) is 4.79 Å². The van der Waals surface area contributed by atoms with Gasteiger partial charge in [0.1, 0.15) is 11.3 Å². The van der Waals surface area contributed by atoms with Gasteiger partial charge in [0, 0.05) is 82.9 Å². The topological polar surface area (TPSA) is 77.2 Å². The number of hydrogen-bond donors (Lipinski definition) is 1. The number of benzene rings is 3. The van der Waals surface area contributed by atoms with Gasteiger partial charge < -0.3 is 19.7 Å². The number of fused-ring (bicyclic) bond motifs is 6. The number of carbonyl (C=O) groups is 1. The molecular weight excluding hydrogens is 713 g/mol. The maximum Gasteiger partial charge on any atom is 0.226 e. The van der Waals surface area contributed by atoms with Crippen LogP contribution in [0.2, 0.25) is 10.0 Å². The molecule has 6 fully saturated rings. The van der Waals surface area contributed by atoms with E-state index in [0.29, 0.717) is 58.2 Å². The molecule has 3 aromatic carbocycles. The molecule has 2 aliphatic carbocycles. The van der Waals surface area contributed by atoms with Crippen LogP contribution >= 0.6 is 23.2 Å². The van der Waals surface area contributed by atoms with E-state index in [1.54, 1.807) is 30.3 Å². The van der Waals surface area contributed by atoms with E-state index in [1.165, 1.54) is 6.07 Å². The van der Waals surface area contributed by atoms with Crippen LogP contribution in [0.5, 0.6) is 0 Å². The van der Waals surface area contributed by atoms with Crippen LogP contribution in [0.1, 0.15) is 61.1 Å². The number of aromatic nitrogens is 2. The third kappa shape index (κ3) is 5.12. The zero-order valence-electron chi connectivity index (χ0n) is 29.3. The molecule has 4 bridgehead atoms. The molecule has 4 saturated heterocycles. The number of halogens is 4. The van der Waals surface area contributed by atoms with Crippen molar-refractivity contribution in [1.29, 1.82) is 5.26 Å². The van der Waals surface area contributed by atoms with Crippen molar-refractivity contribution in [3.05, 3.63) is 93.2 Å². The largest absolute Gasteiger partial charge is 0.369 e. The summed E-state index contributed by atoms with van der Waals surface area (Å²) in [5, 5.41) is 15.6. The fraction of sp³-hybridized carbons (Fsp3) is 0.405. The van der Waals surface area contributed by atoms with Gasteiger partial charge >= 0.3 is 0 Å². The average molecular weight is 752 g/mol. The van der Waals surface area contributed by atoms with Gasteiger partial charge in [-0.15, -0.1) is 0 Å². The fourth-order valence-electron chi connectivity index (χ4n) is 10.2. The number of aryl methyl sites for hydroxylation is 2. The second kappa shape index (κ2) is 12.4. The Morgan fingerprint density at radius 1 is 1.04 bits per heavy atom. The third-order valence-corrected chi connectivity index (χ3v) is 13.5. The lowest BCUT2D eigenvalue weighted by molar-refractivity contribution is -0.135. The van der Waals surface area contributed by atoms with Crippen molar-refractivity contribution >= 4 is 56.6 Å². The number of hydrogen-bond acceptors (Lipinski definition) is 5. The van der Waals surface area contributed by atoms with E-state index in [1.807, 2.05) is 19.1 Å². The molecule has 2 aromatic heterocycles. The predicted octanol–water partition coefficient (Wildman–Crippen LogP) is 8.93. The van der Waals surface area contributed by atoms with Gasteiger partial charge in [-0.2, -0.15) is 5.26 Å². The minimum Gasteiger partial charge on any atom is -0.369 e. The second-order valence-electron chi connectivity index (χ2n) is 15.8. The number of piperidine rings is 1. The van der Waals surface area contributed by atoms with Crippen LogP contribution in [0, 0.1) is 47.6 Å². The Kier molecular flexibility index (Phi) is 7.81. The van der Waals surface area contributed by atoms with Crippen molar-refractivity contribution in [2.45, 2.75) is 69.6 Å². The quantitative estimate of drug-likeness (QED) is 0.180. The molecule has 11 heteroatoms. The van der Waals surface area contributed by atoms with Gasteiger partial charge in [-0.05, 0) is 86.9 Å². The Morgan fingerprint density at radius 3 is 2.60 bits per heavy atom. The molecule has 6 aliphatic rings. The Balaban J connectivity index is 1.21. The first-order valence-electron chi connectivity index (χ1n) is 18.8. The van der Waals surface area contributed by atoms with Crippen molar-refractivity contribution in [2.24, 2.45) is 17.8 Å². The lowest BCUT2D eigenvalue weighted by Crippen LogP contribution is -2.45. The summed E-state index contributed by atoms with van der Waals surface area (Å²) in [6.45, 7) is 4.19. The third-order valence-electron chi connectivity index (χ3n) is 12.7. The molecule has 5 aromatic rings. The van der Waals surface area contributed by atoms with Crippen LogP contribution in [0.4, 0.5) is 14.5 Å². The number of rotatable bonds is 7. The maximum absolute atomic E-state index is 17.3. The molecule has 0 radical (unpaired) electrons. The number of nitriles is 1. The molecule has 11 rings (SSSR count). The first-order chi connectivity index (χ1) is 25.7. The predicted molar refractivity (Wildman–Crippen MR) is 203 cm³/mol. The van der Waals surface area contributed by atoms with Crippen molar-refractivity contribution in [1.82, 2.24) is 19.8 Å². The molecule has 0 spiro atoms. The van der Waals surface area contributed by atoms with Gasteiger partial charge in [0.05, 0.1) is 39.8 Å². The van der Waals surface area contributed by atoms with Gasteiger partial charge in [-0.25, -0.2) is 13.8 Å². The molecule has 53 heavy (non-hydrogen) atoms. The van der Waals surface area contributed by atoms with Crippen molar-refractivity contribution in [3.63, 3.8) is 0 Å². The number of likely N-dealkylation sites (tertiary alicyclic amines) is 1. The van der Waals surface area contributed by atoms with E-state index >= 15 is 4.39 Å². The summed E-state index contributed by atoms with van der Waals surface area (Å²) < 4.78 is 34.2. The highest BCUT2D eigenvalue weighted by atomic mass is 35.5. The van der Waals surface area contributed by atoms with Crippen molar-refractivity contribution in [3.8, 4) is 17.2 Å². The first-order valence-corrected chi connectivity index (χ1v) is 19.5. The van der Waals surface area contributed by atoms with Crippen LogP contribution in [-0.4, -0.2) is 52.1 Å². The normalized spacial score (nSPS) is 26.0. The summed E-state index contributed by atoms with van der Waals surface area (Å²) in [6.07, 6.45) is 4.29. The number of anilines is 1. The van der Waals surface area contributed by atoms with E-state index < -0.39 is 5.82 Å². The Morgan fingerprint density at radius 2 is 1.87 bits per heavy atom. The highest BCUT2D eigenvalue weighted by Gasteiger charge is 2.55. The minimum absolute atomic E-state index is 0.00573. The molecular formula is C42H38Cl2F2N6O. The summed E-state index contributed by atoms with van der Waals surface area (Å²) in [6, 6.07) is 18.6. The van der Waals surface area contributed by atoms with Gasteiger partial charge in [0.2, 0.25) is 5.91 Å². The SMILES string of the molecule is Cc1nc2c(F)c(-c3cccc(Cl)c3Cl)c(CCC#N)cc2c2c1cc(C1C3CC(CN(c4cccc(F)c4)C3)N1C(=O)C1CC1)n2C1C2CNC1C2. The monoisotopic (exact) mass is 750 g/mol. The van der Waals surface area contributed by atoms with Gasteiger partial charge in [-0.1, -0.05) is 41.4 Å². The number of nitrogens with zero attached hydrogens (tertiary/aromatic N) is 5. The Bertz CT molecular complexity index is 2390. The summed E-state index contributed by atoms with van der Waals surface area (Å²) in [4.78, 5) is 23.7. The molecule has 6 atom stereocenters. The molecule has 7 nitrogen and oxygen atoms in total. The minimum atomic E-state index is -0.485. The zero-order chi connectivity index (χ0) is 36.3. The lowest BCUT2D eigenvalue weighted by Gasteiger charge is -2.40. The fourth-order valence-corrected chi connectivity index (χ4v) is 10.6. The smallest absolute Gasteiger partial charge is 0.226 e. The number of carbonyl (C=O) groups excluding carboxylic acids is 1. The highest BCUT2D eigenvalue weighted by Crippen LogP contribution is 2.54. The standard InChI is InChI=1S/C42H38Cl2F2N6O/c1-21-30-17-34(40-25-13-28(51(40)42(53)22-10-11-22)20-50(19-25)27-7-2-6-26(45)16-27)52(39-24-15-33(39)48-18-24)41(30)31-14-23(5-4-12-47)35(37(46)38(31)49-21)29-8-3-9-32(43)36(29)44/h2-3,6-9,14,16-17,22,24-25,28,33,39-40,48H,4-5,10-11,13,15,18-20H2,1H3. The second-order valence-corrected chi connectivity index (χ2v) is 16.6. The summed E-state index contributed by atoms with van der Waals surface area (Å²) >= 11 is 13.1. The molecule has 6 heterocycles. The highest BCUT2D eigenvalue weighted by molar-refractivity contribution is 6.43. The molecule has 6 unspecified atom stereocenters. The van der Waals surface area contributed by atoms with Crippen LogP contribution in [0.3, 0.4) is 0 Å². The molecule has 270 valence electrons. The Hall–Kier alpha value is -4.23. The Labute approximate surface area is 316 Å². The van der Waals surface area contributed by atoms with Gasteiger partial charge in [0.15, 0.2) is 5.82 Å². The zero-order valence-corrected chi connectivity index (χ0v) is 30.8. The lowest BCUT2D eigenvalue weighted by atomic mass is 9.79. The van der Waals surface area contributed by atoms with E-state index in [-0.39, 0.29) is 64.7 Å². The van der Waals surface area contributed by atoms with Crippen LogP contribution < -0.4 is 10.2 Å². The number of nitrogens with one attached hydrogen (secondary N) is 1. The van der Waals surface area contributed by atoms with Crippen molar-refractivity contribution in [2.75, 3.05) is 24.5 Å². The average Bonchev–Trinajstić information content (AvgIpc) is 3.43. The number of amides is 1. The molecule has 1 N–H and O–H groups in total.